The molecule has 8 nitrogen and oxygen atoms in total. The number of anilines is 1. The maximum Gasteiger partial charge on any atom is 0.573 e. The molecule has 1 saturated heterocycles. The molecule has 0 unspecified atom stereocenters. The van der Waals surface area contributed by atoms with Gasteiger partial charge in [0.2, 0.25) is 0 Å². The van der Waals surface area contributed by atoms with Crippen molar-refractivity contribution in [1.82, 2.24) is 19.3 Å². The Morgan fingerprint density at radius 2 is 2.03 bits per heavy atom. The highest BCUT2D eigenvalue weighted by atomic mass is 32.1. The average Bonchev–Trinajstić information content (AvgIpc) is 3.45. The molecular formula is C23H20F3N5O3S. The molecule has 1 aliphatic rings. The monoisotopic (exact) mass is 503 g/mol. The van der Waals surface area contributed by atoms with Crippen molar-refractivity contribution in [2.45, 2.75) is 12.9 Å². The van der Waals surface area contributed by atoms with Gasteiger partial charge in [-0.3, -0.25) is 15.0 Å². The highest BCUT2D eigenvalue weighted by Gasteiger charge is 2.31. The maximum absolute atomic E-state index is 13.0. The number of alkyl halides is 3. The summed E-state index contributed by atoms with van der Waals surface area (Å²) >= 11 is 1.40. The number of nitrogens with one attached hydrogen (secondary N) is 1. The number of morpholine rings is 1. The molecule has 3 aromatic heterocycles. The first kappa shape index (κ1) is 23.3. The fourth-order valence-electron chi connectivity index (χ4n) is 3.76. The number of pyridine rings is 1. The third-order valence-corrected chi connectivity index (χ3v) is 6.25. The normalized spacial score (nSPS) is 14.8. The van der Waals surface area contributed by atoms with Crippen LogP contribution in [0.2, 0.25) is 0 Å². The first-order valence-electron chi connectivity index (χ1n) is 10.7. The predicted octanol–water partition coefficient (Wildman–Crippen LogP) is 4.44. The number of carbonyl (C=O) groups is 1. The lowest BCUT2D eigenvalue weighted by Crippen LogP contribution is -2.35. The van der Waals surface area contributed by atoms with Gasteiger partial charge in [0.25, 0.3) is 5.91 Å². The van der Waals surface area contributed by atoms with Crippen LogP contribution in [0.1, 0.15) is 15.2 Å². The van der Waals surface area contributed by atoms with Crippen LogP contribution >= 0.6 is 11.3 Å². The van der Waals surface area contributed by atoms with E-state index in [1.54, 1.807) is 41.2 Å². The van der Waals surface area contributed by atoms with Crippen LogP contribution in [-0.2, 0) is 11.3 Å². The van der Waals surface area contributed by atoms with Gasteiger partial charge < -0.3 is 13.9 Å². The Kier molecular flexibility index (Phi) is 6.41. The lowest BCUT2D eigenvalue weighted by atomic mass is 10.1. The highest BCUT2D eigenvalue weighted by molar-refractivity contribution is 7.15. The Labute approximate surface area is 201 Å². The summed E-state index contributed by atoms with van der Waals surface area (Å²) in [4.78, 5) is 25.1. The average molecular weight is 504 g/mol. The summed E-state index contributed by atoms with van der Waals surface area (Å²) in [5, 5.41) is 3.29. The number of carbonyl (C=O) groups excluding carboxylic acids is 1. The molecule has 0 spiro atoms. The Balaban J connectivity index is 1.34. The van der Waals surface area contributed by atoms with Gasteiger partial charge in [0.1, 0.15) is 11.4 Å². The van der Waals surface area contributed by atoms with Gasteiger partial charge in [0.05, 0.1) is 24.5 Å². The van der Waals surface area contributed by atoms with E-state index in [0.717, 1.165) is 24.5 Å². The van der Waals surface area contributed by atoms with Crippen LogP contribution in [0.25, 0.3) is 16.9 Å². The minimum absolute atomic E-state index is 0.311. The quantitative estimate of drug-likeness (QED) is 0.419. The number of imidazole rings is 1. The first-order chi connectivity index (χ1) is 16.8. The molecule has 5 rings (SSSR count). The second kappa shape index (κ2) is 9.64. The van der Waals surface area contributed by atoms with Crippen molar-refractivity contribution in [3.8, 4) is 17.0 Å². The van der Waals surface area contributed by atoms with Gasteiger partial charge in [-0.05, 0) is 24.3 Å². The SMILES string of the molecule is O=C(Nc1ncc(CN2CCOCC2)s1)c1cccn2cc(-c3cccc(OC(F)(F)F)c3)nc12. The molecule has 35 heavy (non-hydrogen) atoms. The molecule has 1 aliphatic heterocycles. The minimum Gasteiger partial charge on any atom is -0.406 e. The van der Waals surface area contributed by atoms with E-state index in [4.69, 9.17) is 4.74 Å². The van der Waals surface area contributed by atoms with Crippen molar-refractivity contribution in [3.05, 3.63) is 65.4 Å². The van der Waals surface area contributed by atoms with Crippen LogP contribution in [0.15, 0.2) is 55.0 Å². The van der Waals surface area contributed by atoms with E-state index in [1.165, 1.54) is 29.5 Å². The van der Waals surface area contributed by atoms with E-state index < -0.39 is 6.36 Å². The fraction of sp³-hybridized carbons (Fsp3) is 0.261. The number of ether oxygens (including phenoxy) is 2. The molecule has 4 aromatic rings. The largest absolute Gasteiger partial charge is 0.573 e. The molecule has 0 bridgehead atoms. The molecule has 4 heterocycles. The van der Waals surface area contributed by atoms with E-state index in [9.17, 15) is 18.0 Å². The third-order valence-electron chi connectivity index (χ3n) is 5.35. The number of aromatic nitrogens is 3. The van der Waals surface area contributed by atoms with Gasteiger partial charge in [-0.1, -0.05) is 12.1 Å². The Bertz CT molecular complexity index is 1350. The van der Waals surface area contributed by atoms with E-state index in [0.29, 0.717) is 40.8 Å². The van der Waals surface area contributed by atoms with Crippen molar-refractivity contribution in [3.63, 3.8) is 0 Å². The van der Waals surface area contributed by atoms with Gasteiger partial charge in [-0.15, -0.1) is 24.5 Å². The molecule has 1 N–H and O–H groups in total. The number of nitrogens with zero attached hydrogens (tertiary/aromatic N) is 4. The van der Waals surface area contributed by atoms with Gasteiger partial charge in [0, 0.05) is 48.7 Å². The Morgan fingerprint density at radius 1 is 1.20 bits per heavy atom. The van der Waals surface area contributed by atoms with Crippen molar-refractivity contribution >= 4 is 28.0 Å². The molecule has 1 aromatic carbocycles. The molecule has 1 amide bonds. The standard InChI is InChI=1S/C23H20F3N5O3S/c24-23(25,26)34-16-4-1-3-15(11-16)19-14-31-6-2-5-18(20(31)28-19)21(32)29-22-27-12-17(35-22)13-30-7-9-33-10-8-30/h1-6,11-12,14H,7-10,13H2,(H,27,29,32). The fourth-order valence-corrected chi connectivity index (χ4v) is 4.61. The van der Waals surface area contributed by atoms with Crippen LogP contribution in [0.4, 0.5) is 18.3 Å². The van der Waals surface area contributed by atoms with Gasteiger partial charge >= 0.3 is 6.36 Å². The number of amides is 1. The van der Waals surface area contributed by atoms with Crippen LogP contribution in [0, 0.1) is 0 Å². The Morgan fingerprint density at radius 3 is 2.83 bits per heavy atom. The van der Waals surface area contributed by atoms with Crippen LogP contribution in [0.3, 0.4) is 0 Å². The maximum atomic E-state index is 13.0. The zero-order chi connectivity index (χ0) is 24.4. The van der Waals surface area contributed by atoms with Gasteiger partial charge in [-0.2, -0.15) is 0 Å². The summed E-state index contributed by atoms with van der Waals surface area (Å²) in [5.74, 6) is -0.726. The second-order valence-electron chi connectivity index (χ2n) is 7.83. The topological polar surface area (TPSA) is 81.0 Å². The number of benzene rings is 1. The molecule has 0 aliphatic carbocycles. The Hall–Kier alpha value is -3.48. The smallest absolute Gasteiger partial charge is 0.406 e. The zero-order valence-corrected chi connectivity index (χ0v) is 19.1. The number of hydrogen-bond donors (Lipinski definition) is 1. The predicted molar refractivity (Wildman–Crippen MR) is 123 cm³/mol. The summed E-state index contributed by atoms with van der Waals surface area (Å²) in [6, 6.07) is 8.87. The second-order valence-corrected chi connectivity index (χ2v) is 8.94. The van der Waals surface area contributed by atoms with Crippen LogP contribution < -0.4 is 10.1 Å². The van der Waals surface area contributed by atoms with Crippen LogP contribution in [-0.4, -0.2) is 57.8 Å². The molecule has 182 valence electrons. The van der Waals surface area contributed by atoms with Crippen molar-refractivity contribution in [2.75, 3.05) is 31.6 Å². The lowest BCUT2D eigenvalue weighted by Gasteiger charge is -2.25. The number of hydrogen-bond acceptors (Lipinski definition) is 7. The van der Waals surface area contributed by atoms with E-state index >= 15 is 0 Å². The molecule has 0 atom stereocenters. The minimum atomic E-state index is -4.79. The third kappa shape index (κ3) is 5.61. The zero-order valence-electron chi connectivity index (χ0n) is 18.3. The van der Waals surface area contributed by atoms with E-state index in [1.807, 2.05) is 0 Å². The lowest BCUT2D eigenvalue weighted by molar-refractivity contribution is -0.274. The van der Waals surface area contributed by atoms with Crippen LogP contribution in [0.5, 0.6) is 5.75 Å². The number of fused-ring (bicyclic) bond motifs is 1. The molecule has 0 saturated carbocycles. The molecule has 1 fully saturated rings. The summed E-state index contributed by atoms with van der Waals surface area (Å²) in [5.41, 5.74) is 1.51. The summed E-state index contributed by atoms with van der Waals surface area (Å²) in [7, 11) is 0. The number of thiazole rings is 1. The molecular weight excluding hydrogens is 483 g/mol. The van der Waals surface area contributed by atoms with Gasteiger partial charge in [-0.25, -0.2) is 9.97 Å². The molecule has 0 radical (unpaired) electrons. The highest BCUT2D eigenvalue weighted by Crippen LogP contribution is 2.28. The summed E-state index contributed by atoms with van der Waals surface area (Å²) in [6.45, 7) is 3.87. The molecule has 12 heteroatoms. The first-order valence-corrected chi connectivity index (χ1v) is 11.6. The van der Waals surface area contributed by atoms with Gasteiger partial charge in [0.15, 0.2) is 5.13 Å². The van der Waals surface area contributed by atoms with E-state index in [2.05, 4.69) is 24.9 Å². The van der Waals surface area contributed by atoms with E-state index in [-0.39, 0.29) is 11.7 Å². The summed E-state index contributed by atoms with van der Waals surface area (Å²) < 4.78 is 48.8. The van der Waals surface area contributed by atoms with Crippen molar-refractivity contribution in [1.29, 1.82) is 0 Å². The number of rotatable bonds is 6. The van der Waals surface area contributed by atoms with Crippen molar-refractivity contribution in [2.24, 2.45) is 0 Å². The van der Waals surface area contributed by atoms with Crippen molar-refractivity contribution < 1.29 is 27.4 Å². The number of halogens is 3. The summed E-state index contributed by atoms with van der Waals surface area (Å²) in [6.07, 6.45) is 0.311.